The molecule has 0 spiro atoms. The lowest BCUT2D eigenvalue weighted by atomic mass is 10.1. The van der Waals surface area contributed by atoms with E-state index in [-0.39, 0.29) is 18.3 Å². The molecule has 0 saturated carbocycles. The highest BCUT2D eigenvalue weighted by Gasteiger charge is 2.11. The molecule has 21 heavy (non-hydrogen) atoms. The lowest BCUT2D eigenvalue weighted by Crippen LogP contribution is -2.31. The number of anilines is 1. The second kappa shape index (κ2) is 6.70. The van der Waals surface area contributed by atoms with Crippen molar-refractivity contribution in [3.8, 4) is 5.75 Å². The Hall–Kier alpha value is -2.62. The molecule has 4 nitrogen and oxygen atoms in total. The van der Waals surface area contributed by atoms with Gasteiger partial charge in [-0.25, -0.2) is 0 Å². The minimum atomic E-state index is -0.142. The van der Waals surface area contributed by atoms with Crippen LogP contribution in [0.1, 0.15) is 17.3 Å². The van der Waals surface area contributed by atoms with Crippen LogP contribution in [-0.2, 0) is 4.79 Å². The van der Waals surface area contributed by atoms with Gasteiger partial charge in [-0.05, 0) is 43.3 Å². The molecule has 1 amide bonds. The molecule has 108 valence electrons. The molecular formula is C17H17NO3. The van der Waals surface area contributed by atoms with Gasteiger partial charge < -0.3 is 9.64 Å². The number of amides is 1. The molecular weight excluding hydrogens is 266 g/mol. The van der Waals surface area contributed by atoms with Crippen molar-refractivity contribution < 1.29 is 14.3 Å². The number of carbonyl (C=O) groups is 2. The van der Waals surface area contributed by atoms with Gasteiger partial charge in [-0.3, -0.25) is 9.59 Å². The molecule has 0 fully saturated rings. The summed E-state index contributed by atoms with van der Waals surface area (Å²) in [7, 11) is 1.71. The maximum absolute atomic E-state index is 12.0. The Kier molecular flexibility index (Phi) is 4.72. The van der Waals surface area contributed by atoms with E-state index in [0.29, 0.717) is 11.3 Å². The van der Waals surface area contributed by atoms with Crippen molar-refractivity contribution in [2.75, 3.05) is 18.6 Å². The predicted molar refractivity (Wildman–Crippen MR) is 81.8 cm³/mol. The first-order valence-electron chi connectivity index (χ1n) is 6.63. The fraction of sp³-hybridized carbons (Fsp3) is 0.176. The molecule has 2 aromatic rings. The van der Waals surface area contributed by atoms with Crippen molar-refractivity contribution in [3.05, 3.63) is 60.2 Å². The molecule has 0 saturated heterocycles. The smallest absolute Gasteiger partial charge is 0.264 e. The molecule has 0 bridgehead atoms. The Morgan fingerprint density at radius 2 is 1.62 bits per heavy atom. The maximum Gasteiger partial charge on any atom is 0.264 e. The summed E-state index contributed by atoms with van der Waals surface area (Å²) >= 11 is 0. The van der Waals surface area contributed by atoms with Crippen LogP contribution in [0.2, 0.25) is 0 Å². The summed E-state index contributed by atoms with van der Waals surface area (Å²) in [5.74, 6) is 0.424. The van der Waals surface area contributed by atoms with E-state index in [0.717, 1.165) is 5.69 Å². The number of ketones is 1. The average Bonchev–Trinajstić information content (AvgIpc) is 2.53. The van der Waals surface area contributed by atoms with Gasteiger partial charge >= 0.3 is 0 Å². The van der Waals surface area contributed by atoms with Crippen LogP contribution in [0.5, 0.6) is 5.75 Å². The summed E-state index contributed by atoms with van der Waals surface area (Å²) < 4.78 is 5.44. The zero-order valence-corrected chi connectivity index (χ0v) is 12.1. The molecule has 0 aliphatic carbocycles. The van der Waals surface area contributed by atoms with Crippen LogP contribution < -0.4 is 9.64 Å². The first-order chi connectivity index (χ1) is 10.1. The van der Waals surface area contributed by atoms with Crippen molar-refractivity contribution in [2.45, 2.75) is 6.92 Å². The molecule has 2 aromatic carbocycles. The van der Waals surface area contributed by atoms with Gasteiger partial charge in [0.1, 0.15) is 5.75 Å². The van der Waals surface area contributed by atoms with Crippen LogP contribution in [0.4, 0.5) is 5.69 Å². The number of rotatable bonds is 5. The van der Waals surface area contributed by atoms with Crippen molar-refractivity contribution in [3.63, 3.8) is 0 Å². The number of nitrogens with zero attached hydrogens (tertiary/aromatic N) is 1. The van der Waals surface area contributed by atoms with Crippen LogP contribution in [0.15, 0.2) is 54.6 Å². The average molecular weight is 283 g/mol. The first-order valence-corrected chi connectivity index (χ1v) is 6.63. The summed E-state index contributed by atoms with van der Waals surface area (Å²) in [6, 6.07) is 16.1. The molecule has 0 aromatic heterocycles. The van der Waals surface area contributed by atoms with Gasteiger partial charge in [0.2, 0.25) is 0 Å². The second-order valence-electron chi connectivity index (χ2n) is 4.66. The fourth-order valence-electron chi connectivity index (χ4n) is 1.82. The van der Waals surface area contributed by atoms with E-state index in [9.17, 15) is 9.59 Å². The van der Waals surface area contributed by atoms with Crippen LogP contribution in [0, 0.1) is 0 Å². The highest BCUT2D eigenvalue weighted by atomic mass is 16.5. The zero-order chi connectivity index (χ0) is 15.2. The van der Waals surface area contributed by atoms with Gasteiger partial charge in [0.15, 0.2) is 12.4 Å². The number of ether oxygens (including phenoxy) is 1. The SMILES string of the molecule is CC(=O)c1ccc(OCC(=O)N(C)c2ccccc2)cc1. The van der Waals surface area contributed by atoms with E-state index in [1.165, 1.54) is 6.92 Å². The Bertz CT molecular complexity index is 620. The van der Waals surface area contributed by atoms with Gasteiger partial charge in [-0.1, -0.05) is 18.2 Å². The van der Waals surface area contributed by atoms with Gasteiger partial charge in [-0.2, -0.15) is 0 Å². The van der Waals surface area contributed by atoms with E-state index < -0.39 is 0 Å². The summed E-state index contributed by atoms with van der Waals surface area (Å²) in [5.41, 5.74) is 1.44. The van der Waals surface area contributed by atoms with Crippen molar-refractivity contribution in [1.29, 1.82) is 0 Å². The van der Waals surface area contributed by atoms with Crippen LogP contribution >= 0.6 is 0 Å². The first kappa shape index (κ1) is 14.8. The van der Waals surface area contributed by atoms with Crippen LogP contribution in [-0.4, -0.2) is 25.3 Å². The molecule has 0 heterocycles. The Morgan fingerprint density at radius 1 is 1.00 bits per heavy atom. The standard InChI is InChI=1S/C17H17NO3/c1-13(19)14-8-10-16(11-9-14)21-12-17(20)18(2)15-6-4-3-5-7-15/h3-11H,12H2,1-2H3. The third-order valence-electron chi connectivity index (χ3n) is 3.14. The van der Waals surface area contributed by atoms with Crippen LogP contribution in [0.25, 0.3) is 0 Å². The number of hydrogen-bond acceptors (Lipinski definition) is 3. The highest BCUT2D eigenvalue weighted by Crippen LogP contribution is 2.14. The third-order valence-corrected chi connectivity index (χ3v) is 3.14. The van der Waals surface area contributed by atoms with Crippen molar-refractivity contribution in [2.24, 2.45) is 0 Å². The van der Waals surface area contributed by atoms with Gasteiger partial charge in [-0.15, -0.1) is 0 Å². The van der Waals surface area contributed by atoms with Gasteiger partial charge in [0.25, 0.3) is 5.91 Å². The number of para-hydroxylation sites is 1. The van der Waals surface area contributed by atoms with Crippen molar-refractivity contribution >= 4 is 17.4 Å². The second-order valence-corrected chi connectivity index (χ2v) is 4.66. The van der Waals surface area contributed by atoms with E-state index in [1.807, 2.05) is 30.3 Å². The summed E-state index contributed by atoms with van der Waals surface area (Å²) in [5, 5.41) is 0. The third kappa shape index (κ3) is 3.92. The number of likely N-dealkylation sites (N-methyl/N-ethyl adjacent to an activating group) is 1. The molecule has 0 radical (unpaired) electrons. The Balaban J connectivity index is 1.93. The number of carbonyl (C=O) groups excluding carboxylic acids is 2. The molecule has 0 aliphatic heterocycles. The zero-order valence-electron chi connectivity index (χ0n) is 12.1. The van der Waals surface area contributed by atoms with E-state index >= 15 is 0 Å². The molecule has 0 unspecified atom stereocenters. The topological polar surface area (TPSA) is 46.6 Å². The minimum Gasteiger partial charge on any atom is -0.484 e. The summed E-state index contributed by atoms with van der Waals surface area (Å²) in [6.07, 6.45) is 0. The fourth-order valence-corrected chi connectivity index (χ4v) is 1.82. The predicted octanol–water partition coefficient (Wildman–Crippen LogP) is 2.93. The van der Waals surface area contributed by atoms with E-state index in [4.69, 9.17) is 4.74 Å². The lowest BCUT2D eigenvalue weighted by Gasteiger charge is -2.17. The number of Topliss-reactive ketones (excluding diaryl/α,β-unsaturated/α-hetero) is 1. The molecule has 2 rings (SSSR count). The summed E-state index contributed by atoms with van der Waals surface area (Å²) in [6.45, 7) is 1.46. The quantitative estimate of drug-likeness (QED) is 0.793. The molecule has 0 N–H and O–H groups in total. The maximum atomic E-state index is 12.0. The summed E-state index contributed by atoms with van der Waals surface area (Å²) in [4.78, 5) is 24.8. The minimum absolute atomic E-state index is 0.00133. The molecule has 0 aliphatic rings. The molecule has 0 atom stereocenters. The lowest BCUT2D eigenvalue weighted by molar-refractivity contribution is -0.120. The van der Waals surface area contributed by atoms with Crippen LogP contribution in [0.3, 0.4) is 0 Å². The normalized spacial score (nSPS) is 10.0. The monoisotopic (exact) mass is 283 g/mol. The Labute approximate surface area is 124 Å². The number of benzene rings is 2. The number of hydrogen-bond donors (Lipinski definition) is 0. The van der Waals surface area contributed by atoms with Crippen molar-refractivity contribution in [1.82, 2.24) is 0 Å². The Morgan fingerprint density at radius 3 is 2.19 bits per heavy atom. The highest BCUT2D eigenvalue weighted by molar-refractivity contribution is 5.94. The molecule has 4 heteroatoms. The van der Waals surface area contributed by atoms with Gasteiger partial charge in [0.05, 0.1) is 0 Å². The van der Waals surface area contributed by atoms with E-state index in [1.54, 1.807) is 36.2 Å². The van der Waals surface area contributed by atoms with Gasteiger partial charge in [0, 0.05) is 18.3 Å². The largest absolute Gasteiger partial charge is 0.484 e. The van der Waals surface area contributed by atoms with E-state index in [2.05, 4.69) is 0 Å².